The van der Waals surface area contributed by atoms with E-state index in [0.717, 1.165) is 24.9 Å². The highest BCUT2D eigenvalue weighted by Gasteiger charge is 2.23. The minimum absolute atomic E-state index is 0.0405. The van der Waals surface area contributed by atoms with Crippen LogP contribution in [0.2, 0.25) is 0 Å². The third-order valence-electron chi connectivity index (χ3n) is 4.09. The molecule has 0 N–H and O–H groups in total. The van der Waals surface area contributed by atoms with Crippen molar-refractivity contribution in [2.24, 2.45) is 7.05 Å². The number of thiophene rings is 1. The number of carbonyl (C=O) groups excluding carboxylic acids is 1. The van der Waals surface area contributed by atoms with Gasteiger partial charge in [-0.15, -0.1) is 11.3 Å². The van der Waals surface area contributed by atoms with E-state index in [0.29, 0.717) is 21.7 Å². The first-order valence-corrected chi connectivity index (χ1v) is 9.31. The molecule has 0 aromatic carbocycles. The molecule has 0 bridgehead atoms. The second-order valence-corrected chi connectivity index (χ2v) is 7.47. The van der Waals surface area contributed by atoms with E-state index in [2.05, 4.69) is 11.9 Å². The van der Waals surface area contributed by atoms with Crippen molar-refractivity contribution in [3.63, 3.8) is 0 Å². The summed E-state index contributed by atoms with van der Waals surface area (Å²) in [6, 6.07) is 2.16. The second kappa shape index (κ2) is 6.42. The molecule has 1 fully saturated rings. The van der Waals surface area contributed by atoms with Crippen molar-refractivity contribution in [3.05, 3.63) is 21.8 Å². The highest BCUT2D eigenvalue weighted by Crippen LogP contribution is 2.22. The summed E-state index contributed by atoms with van der Waals surface area (Å²) in [6.07, 6.45) is 3.36. The zero-order valence-corrected chi connectivity index (χ0v) is 14.4. The van der Waals surface area contributed by atoms with Crippen LogP contribution in [0.5, 0.6) is 0 Å². The van der Waals surface area contributed by atoms with Crippen molar-refractivity contribution >= 4 is 39.2 Å². The Morgan fingerprint density at radius 1 is 1.50 bits per heavy atom. The molecule has 2 aromatic heterocycles. The monoisotopic (exact) mass is 337 g/mol. The number of fused-ring (bicyclic) bond motifs is 1. The van der Waals surface area contributed by atoms with Gasteiger partial charge in [0.15, 0.2) is 5.16 Å². The number of nitrogens with zero attached hydrogens (tertiary/aromatic N) is 3. The fourth-order valence-corrected chi connectivity index (χ4v) is 4.44. The maximum atomic E-state index is 12.4. The summed E-state index contributed by atoms with van der Waals surface area (Å²) < 4.78 is 2.21. The van der Waals surface area contributed by atoms with Crippen molar-refractivity contribution in [2.45, 2.75) is 37.4 Å². The Labute approximate surface area is 137 Å². The van der Waals surface area contributed by atoms with Crippen LogP contribution in [-0.4, -0.2) is 38.7 Å². The van der Waals surface area contributed by atoms with Crippen molar-refractivity contribution in [2.75, 3.05) is 12.3 Å². The largest absolute Gasteiger partial charge is 0.339 e. The van der Waals surface area contributed by atoms with Crippen molar-refractivity contribution in [1.29, 1.82) is 0 Å². The van der Waals surface area contributed by atoms with Crippen LogP contribution < -0.4 is 5.56 Å². The number of amides is 1. The Kier molecular flexibility index (Phi) is 4.54. The van der Waals surface area contributed by atoms with E-state index in [1.54, 1.807) is 7.05 Å². The average molecular weight is 337 g/mol. The number of piperidine rings is 1. The summed E-state index contributed by atoms with van der Waals surface area (Å²) in [4.78, 5) is 31.1. The molecule has 1 saturated heterocycles. The summed E-state index contributed by atoms with van der Waals surface area (Å²) in [7, 11) is 1.71. The van der Waals surface area contributed by atoms with Crippen molar-refractivity contribution < 1.29 is 4.79 Å². The lowest BCUT2D eigenvalue weighted by molar-refractivity contribution is -0.131. The Balaban J connectivity index is 1.75. The molecule has 3 heterocycles. The van der Waals surface area contributed by atoms with Crippen LogP contribution in [-0.2, 0) is 11.8 Å². The van der Waals surface area contributed by atoms with E-state index in [1.165, 1.54) is 34.1 Å². The van der Waals surface area contributed by atoms with Crippen LogP contribution in [0.15, 0.2) is 21.4 Å². The SMILES string of the molecule is C[C@@H]1CCCCN1C(=O)CSc1nc2ccsc2c(=O)n1C. The molecule has 0 unspecified atom stereocenters. The summed E-state index contributed by atoms with van der Waals surface area (Å²) in [6.45, 7) is 2.95. The first kappa shape index (κ1) is 15.6. The maximum absolute atomic E-state index is 12.4. The number of rotatable bonds is 3. The molecule has 22 heavy (non-hydrogen) atoms. The van der Waals surface area contributed by atoms with Gasteiger partial charge in [-0.1, -0.05) is 11.8 Å². The van der Waals surface area contributed by atoms with Gasteiger partial charge >= 0.3 is 0 Å². The van der Waals surface area contributed by atoms with Gasteiger partial charge in [-0.3, -0.25) is 14.2 Å². The molecule has 1 amide bonds. The number of hydrogen-bond acceptors (Lipinski definition) is 5. The molecule has 0 radical (unpaired) electrons. The van der Waals surface area contributed by atoms with Crippen LogP contribution in [0, 0.1) is 0 Å². The second-order valence-electron chi connectivity index (χ2n) is 5.61. The molecule has 1 aliphatic heterocycles. The zero-order valence-electron chi connectivity index (χ0n) is 12.7. The number of likely N-dealkylation sites (tertiary alicyclic amines) is 1. The van der Waals surface area contributed by atoms with E-state index in [1.807, 2.05) is 16.3 Å². The van der Waals surface area contributed by atoms with E-state index in [4.69, 9.17) is 0 Å². The fourth-order valence-electron chi connectivity index (χ4n) is 2.77. The van der Waals surface area contributed by atoms with Gasteiger partial charge in [0.25, 0.3) is 5.56 Å². The molecule has 0 saturated carbocycles. The van der Waals surface area contributed by atoms with E-state index < -0.39 is 0 Å². The van der Waals surface area contributed by atoms with Crippen LogP contribution in [0.3, 0.4) is 0 Å². The lowest BCUT2D eigenvalue weighted by atomic mass is 10.0. The third kappa shape index (κ3) is 2.92. The third-order valence-corrected chi connectivity index (χ3v) is 6.00. The van der Waals surface area contributed by atoms with E-state index in [-0.39, 0.29) is 11.5 Å². The molecule has 5 nitrogen and oxygen atoms in total. The van der Waals surface area contributed by atoms with Gasteiger partial charge < -0.3 is 4.90 Å². The van der Waals surface area contributed by atoms with Crippen LogP contribution in [0.4, 0.5) is 0 Å². The van der Waals surface area contributed by atoms with Gasteiger partial charge in [-0.05, 0) is 37.6 Å². The topological polar surface area (TPSA) is 55.2 Å². The Bertz CT molecular complexity index is 753. The summed E-state index contributed by atoms with van der Waals surface area (Å²) in [5.41, 5.74) is 0.677. The first-order chi connectivity index (χ1) is 10.6. The average Bonchev–Trinajstić information content (AvgIpc) is 2.98. The summed E-state index contributed by atoms with van der Waals surface area (Å²) in [5, 5.41) is 2.47. The lowest BCUT2D eigenvalue weighted by Crippen LogP contribution is -2.43. The molecule has 3 rings (SSSR count). The standard InChI is InChI=1S/C15H19N3O2S2/c1-10-5-3-4-7-18(10)12(19)9-22-15-16-11-6-8-21-13(11)14(20)17(15)2/h6,8,10H,3-5,7,9H2,1-2H3/t10-/m1/s1. The number of carbonyl (C=O) groups is 1. The molecular weight excluding hydrogens is 318 g/mol. The quantitative estimate of drug-likeness (QED) is 0.638. The normalized spacial score (nSPS) is 18.8. The molecule has 7 heteroatoms. The maximum Gasteiger partial charge on any atom is 0.271 e. The first-order valence-electron chi connectivity index (χ1n) is 7.44. The predicted octanol–water partition coefficient (Wildman–Crippen LogP) is 2.49. The zero-order chi connectivity index (χ0) is 15.7. The van der Waals surface area contributed by atoms with Crippen LogP contribution in [0.1, 0.15) is 26.2 Å². The molecule has 1 atom stereocenters. The van der Waals surface area contributed by atoms with Gasteiger partial charge in [0.2, 0.25) is 5.91 Å². The van der Waals surface area contributed by atoms with Crippen molar-refractivity contribution in [3.8, 4) is 0 Å². The van der Waals surface area contributed by atoms with Gasteiger partial charge in [0.1, 0.15) is 4.70 Å². The molecule has 118 valence electrons. The van der Waals surface area contributed by atoms with E-state index >= 15 is 0 Å². The van der Waals surface area contributed by atoms with Crippen molar-refractivity contribution in [1.82, 2.24) is 14.5 Å². The summed E-state index contributed by atoms with van der Waals surface area (Å²) >= 11 is 2.75. The summed E-state index contributed by atoms with van der Waals surface area (Å²) in [5.74, 6) is 0.470. The minimum Gasteiger partial charge on any atom is -0.339 e. The van der Waals surface area contributed by atoms with Gasteiger partial charge in [-0.2, -0.15) is 0 Å². The van der Waals surface area contributed by atoms with Gasteiger partial charge in [0.05, 0.1) is 11.3 Å². The van der Waals surface area contributed by atoms with Gasteiger partial charge in [-0.25, -0.2) is 4.98 Å². The van der Waals surface area contributed by atoms with Crippen LogP contribution in [0.25, 0.3) is 10.2 Å². The minimum atomic E-state index is -0.0405. The predicted molar refractivity (Wildman–Crippen MR) is 90.6 cm³/mol. The molecule has 2 aromatic rings. The number of thioether (sulfide) groups is 1. The molecular formula is C15H19N3O2S2. The van der Waals surface area contributed by atoms with E-state index in [9.17, 15) is 9.59 Å². The van der Waals surface area contributed by atoms with Gasteiger partial charge in [0, 0.05) is 19.6 Å². The fraction of sp³-hybridized carbons (Fsp3) is 0.533. The smallest absolute Gasteiger partial charge is 0.271 e. The number of hydrogen-bond donors (Lipinski definition) is 0. The number of aromatic nitrogens is 2. The molecule has 1 aliphatic rings. The molecule has 0 spiro atoms. The highest BCUT2D eigenvalue weighted by atomic mass is 32.2. The van der Waals surface area contributed by atoms with Crippen LogP contribution >= 0.6 is 23.1 Å². The Morgan fingerprint density at radius 3 is 3.09 bits per heavy atom. The molecule has 0 aliphatic carbocycles. The lowest BCUT2D eigenvalue weighted by Gasteiger charge is -2.33. The Morgan fingerprint density at radius 2 is 2.32 bits per heavy atom. The highest BCUT2D eigenvalue weighted by molar-refractivity contribution is 7.99. The Hall–Kier alpha value is -1.34.